The van der Waals surface area contributed by atoms with Gasteiger partial charge in [-0.1, -0.05) is 11.6 Å². The van der Waals surface area contributed by atoms with Gasteiger partial charge in [0.25, 0.3) is 0 Å². The van der Waals surface area contributed by atoms with Crippen LogP contribution in [0.3, 0.4) is 0 Å². The zero-order valence-corrected chi connectivity index (χ0v) is 15.9. The Hall–Kier alpha value is -1.94. The minimum atomic E-state index is -4.73. The van der Waals surface area contributed by atoms with Crippen molar-refractivity contribution in [3.05, 3.63) is 44.2 Å². The van der Waals surface area contributed by atoms with Gasteiger partial charge in [-0.3, -0.25) is 4.99 Å². The predicted molar refractivity (Wildman–Crippen MR) is 95.9 cm³/mol. The molecule has 0 saturated carbocycles. The summed E-state index contributed by atoms with van der Waals surface area (Å²) < 4.78 is 44.1. The maximum atomic E-state index is 13.1. The average molecular weight is 422 g/mol. The first kappa shape index (κ1) is 19.8. The highest BCUT2D eigenvalue weighted by Crippen LogP contribution is 2.42. The summed E-state index contributed by atoms with van der Waals surface area (Å²) in [5.41, 5.74) is -0.164. The quantitative estimate of drug-likeness (QED) is 0.794. The van der Waals surface area contributed by atoms with E-state index in [-0.39, 0.29) is 45.1 Å². The lowest BCUT2D eigenvalue weighted by atomic mass is 10.0. The highest BCUT2D eigenvalue weighted by Gasteiger charge is 2.38. The largest absolute Gasteiger partial charge is 0.507 e. The number of halogens is 4. The molecule has 3 rings (SSSR count). The fourth-order valence-corrected chi connectivity index (χ4v) is 4.62. The minimum Gasteiger partial charge on any atom is -0.507 e. The van der Waals surface area contributed by atoms with Gasteiger partial charge in [-0.25, -0.2) is 4.79 Å². The van der Waals surface area contributed by atoms with Crippen molar-refractivity contribution in [3.63, 3.8) is 0 Å². The van der Waals surface area contributed by atoms with Gasteiger partial charge in [-0.2, -0.15) is 21.5 Å². The molecule has 1 N–H and O–H groups in total. The average Bonchev–Trinajstić information content (AvgIpc) is 2.70. The zero-order valence-electron chi connectivity index (χ0n) is 14.3. The second kappa shape index (κ2) is 7.23. The van der Waals surface area contributed by atoms with Crippen molar-refractivity contribution in [2.75, 3.05) is 12.3 Å². The molecule has 2 aromatic rings. The normalized spacial score (nSPS) is 18.3. The molecule has 6 nitrogen and oxygen atoms in total. The molecular weight excluding hydrogens is 407 g/mol. The summed E-state index contributed by atoms with van der Waals surface area (Å²) in [5.74, 6) is 0.479. The van der Waals surface area contributed by atoms with E-state index >= 15 is 0 Å². The zero-order chi connectivity index (χ0) is 19.9. The van der Waals surface area contributed by atoms with Crippen LogP contribution in [0.25, 0.3) is 0 Å². The SMILES string of the molecule is Cc1cc(O)c(C2=NCCSC(c3c(C)nn(C(F)(F)F)c3Cl)C2)c(=O)o1. The lowest BCUT2D eigenvalue weighted by Crippen LogP contribution is -2.19. The van der Waals surface area contributed by atoms with Crippen LogP contribution < -0.4 is 5.63 Å². The van der Waals surface area contributed by atoms with Gasteiger partial charge in [-0.05, 0) is 13.8 Å². The second-order valence-corrected chi connectivity index (χ2v) is 7.63. The summed E-state index contributed by atoms with van der Waals surface area (Å²) in [6, 6.07) is 1.30. The number of nitrogens with zero attached hydrogens (tertiary/aromatic N) is 3. The molecule has 0 bridgehead atoms. The fourth-order valence-electron chi connectivity index (χ4n) is 2.95. The van der Waals surface area contributed by atoms with E-state index in [0.29, 0.717) is 12.3 Å². The predicted octanol–water partition coefficient (Wildman–Crippen LogP) is 3.96. The third kappa shape index (κ3) is 3.86. The number of thioether (sulfide) groups is 1. The first-order valence-corrected chi connectivity index (χ1v) is 9.33. The van der Waals surface area contributed by atoms with Crippen LogP contribution in [-0.4, -0.2) is 32.9 Å². The molecule has 0 fully saturated rings. The van der Waals surface area contributed by atoms with Crippen LogP contribution in [0.15, 0.2) is 20.3 Å². The maximum Gasteiger partial charge on any atom is 0.505 e. The number of rotatable bonds is 2. The summed E-state index contributed by atoms with van der Waals surface area (Å²) >= 11 is 7.34. The monoisotopic (exact) mass is 421 g/mol. The molecule has 11 heteroatoms. The third-order valence-electron chi connectivity index (χ3n) is 4.04. The summed E-state index contributed by atoms with van der Waals surface area (Å²) in [7, 11) is 0. The molecule has 27 heavy (non-hydrogen) atoms. The Kier molecular flexibility index (Phi) is 5.31. The Morgan fingerprint density at radius 2 is 2.11 bits per heavy atom. The highest BCUT2D eigenvalue weighted by molar-refractivity contribution is 7.99. The van der Waals surface area contributed by atoms with E-state index < -0.39 is 22.3 Å². The maximum absolute atomic E-state index is 13.1. The Balaban J connectivity index is 2.03. The number of hydrogen-bond donors (Lipinski definition) is 1. The molecule has 0 saturated heterocycles. The molecule has 3 heterocycles. The summed E-state index contributed by atoms with van der Waals surface area (Å²) in [5, 5.41) is 12.6. The van der Waals surface area contributed by atoms with Gasteiger partial charge >= 0.3 is 11.9 Å². The standard InChI is InChI=1S/C16H15ClF3N3O3S/c1-7-5-10(24)13(15(25)26-7)9-6-11(27-4-3-21-9)12-8(2)22-23(14(12)17)16(18,19)20/h5,11,24H,3-4,6H2,1-2H3. The number of hydrogen-bond acceptors (Lipinski definition) is 6. The molecule has 1 unspecified atom stereocenters. The minimum absolute atomic E-state index is 0.0786. The molecule has 0 aliphatic carbocycles. The van der Waals surface area contributed by atoms with Gasteiger partial charge in [0.15, 0.2) is 0 Å². The Morgan fingerprint density at radius 1 is 1.41 bits per heavy atom. The van der Waals surface area contributed by atoms with Crippen LogP contribution in [-0.2, 0) is 6.30 Å². The lowest BCUT2D eigenvalue weighted by molar-refractivity contribution is -0.212. The van der Waals surface area contributed by atoms with E-state index in [2.05, 4.69) is 10.1 Å². The van der Waals surface area contributed by atoms with Gasteiger partial charge < -0.3 is 9.52 Å². The van der Waals surface area contributed by atoms with Gasteiger partial charge in [0.05, 0.1) is 11.4 Å². The third-order valence-corrected chi connectivity index (χ3v) is 5.63. The van der Waals surface area contributed by atoms with E-state index in [0.717, 1.165) is 0 Å². The van der Waals surface area contributed by atoms with Crippen molar-refractivity contribution >= 4 is 29.1 Å². The molecule has 2 aromatic heterocycles. The Morgan fingerprint density at radius 3 is 2.70 bits per heavy atom. The molecule has 1 atom stereocenters. The van der Waals surface area contributed by atoms with Crippen molar-refractivity contribution in [1.29, 1.82) is 0 Å². The molecule has 1 aliphatic heterocycles. The van der Waals surface area contributed by atoms with Gasteiger partial charge in [0, 0.05) is 35.6 Å². The molecular formula is C16H15ClF3N3O3S. The molecule has 0 spiro atoms. The van der Waals surface area contributed by atoms with Crippen molar-refractivity contribution in [2.24, 2.45) is 4.99 Å². The van der Waals surface area contributed by atoms with E-state index in [1.54, 1.807) is 0 Å². The van der Waals surface area contributed by atoms with Gasteiger partial charge in [0.1, 0.15) is 22.2 Å². The Bertz CT molecular complexity index is 968. The lowest BCUT2D eigenvalue weighted by Gasteiger charge is -2.16. The van der Waals surface area contributed by atoms with Crippen LogP contribution in [0, 0.1) is 13.8 Å². The topological polar surface area (TPSA) is 80.6 Å². The number of aryl methyl sites for hydroxylation is 2. The highest BCUT2D eigenvalue weighted by atomic mass is 35.5. The van der Waals surface area contributed by atoms with Crippen molar-refractivity contribution in [3.8, 4) is 5.75 Å². The summed E-state index contributed by atoms with van der Waals surface area (Å²) in [6.07, 6.45) is -4.63. The van der Waals surface area contributed by atoms with Crippen LogP contribution in [0.1, 0.15) is 34.3 Å². The van der Waals surface area contributed by atoms with Gasteiger partial charge in [-0.15, -0.1) is 13.2 Å². The number of alkyl halides is 3. The molecule has 1 aliphatic rings. The summed E-state index contributed by atoms with van der Waals surface area (Å²) in [6.45, 7) is 3.31. The smallest absolute Gasteiger partial charge is 0.505 e. The second-order valence-electron chi connectivity index (χ2n) is 5.97. The van der Waals surface area contributed by atoms with Crippen molar-refractivity contribution in [2.45, 2.75) is 31.8 Å². The number of aromatic nitrogens is 2. The fraction of sp³-hybridized carbons (Fsp3) is 0.438. The molecule has 0 radical (unpaired) electrons. The van der Waals surface area contributed by atoms with Crippen molar-refractivity contribution < 1.29 is 22.7 Å². The first-order chi connectivity index (χ1) is 12.6. The van der Waals surface area contributed by atoms with Crippen LogP contribution in [0.2, 0.25) is 5.15 Å². The Labute approximate surface area is 161 Å². The first-order valence-electron chi connectivity index (χ1n) is 7.90. The van der Waals surface area contributed by atoms with Crippen molar-refractivity contribution in [1.82, 2.24) is 9.78 Å². The number of aromatic hydroxyl groups is 1. The molecule has 146 valence electrons. The van der Waals surface area contributed by atoms with Crippen LogP contribution >= 0.6 is 23.4 Å². The van der Waals surface area contributed by atoms with Crippen LogP contribution in [0.4, 0.5) is 13.2 Å². The summed E-state index contributed by atoms with van der Waals surface area (Å²) in [4.78, 5) is 16.5. The van der Waals surface area contributed by atoms with E-state index in [1.807, 2.05) is 0 Å². The van der Waals surface area contributed by atoms with E-state index in [9.17, 15) is 23.1 Å². The molecule has 0 amide bonds. The van der Waals surface area contributed by atoms with Gasteiger partial charge in [0.2, 0.25) is 0 Å². The molecule has 0 aromatic carbocycles. The van der Waals surface area contributed by atoms with E-state index in [4.69, 9.17) is 16.0 Å². The van der Waals surface area contributed by atoms with Crippen LogP contribution in [0.5, 0.6) is 5.75 Å². The van der Waals surface area contributed by atoms with E-state index in [1.165, 1.54) is 31.7 Å². The number of aliphatic imine (C=N–C) groups is 1.